The Balaban J connectivity index is 1.32. The van der Waals surface area contributed by atoms with Gasteiger partial charge in [-0.25, -0.2) is 4.79 Å². The average Bonchev–Trinajstić information content (AvgIpc) is 3.60. The second-order valence-corrected chi connectivity index (χ2v) is 11.2. The third-order valence-electron chi connectivity index (χ3n) is 6.77. The third-order valence-corrected chi connectivity index (χ3v) is 8.26. The van der Waals surface area contributed by atoms with E-state index >= 15 is 0 Å². The lowest BCUT2D eigenvalue weighted by atomic mass is 10.0. The van der Waals surface area contributed by atoms with Crippen molar-refractivity contribution in [2.45, 2.75) is 31.4 Å². The highest BCUT2D eigenvalue weighted by Gasteiger charge is 2.34. The molecular formula is C28H29Cl2N3O4S. The number of nitrogens with one attached hydrogen (secondary N) is 1. The maximum Gasteiger partial charge on any atom is 0.322 e. The van der Waals surface area contributed by atoms with Crippen LogP contribution in [-0.4, -0.2) is 60.7 Å². The molecule has 1 fully saturated rings. The Morgan fingerprint density at radius 1 is 1.13 bits per heavy atom. The van der Waals surface area contributed by atoms with Crippen molar-refractivity contribution in [3.8, 4) is 5.75 Å². The molecule has 3 aromatic rings. The minimum atomic E-state index is -0.363. The number of thiophene rings is 1. The Kier molecular flexibility index (Phi) is 8.74. The number of carbonyl (C=O) groups is 2. The molecule has 7 nitrogen and oxygen atoms in total. The quantitative estimate of drug-likeness (QED) is 0.344. The van der Waals surface area contributed by atoms with Crippen LogP contribution in [0.4, 0.5) is 10.5 Å². The van der Waals surface area contributed by atoms with Gasteiger partial charge in [0.25, 0.3) is 0 Å². The Morgan fingerprint density at radius 2 is 1.97 bits per heavy atom. The fourth-order valence-electron chi connectivity index (χ4n) is 4.86. The summed E-state index contributed by atoms with van der Waals surface area (Å²) in [4.78, 5) is 31.7. The number of hydrogen-bond donors (Lipinski definition) is 1. The minimum absolute atomic E-state index is 0.0663. The van der Waals surface area contributed by atoms with Gasteiger partial charge in [0.2, 0.25) is 5.91 Å². The fourth-order valence-corrected chi connectivity index (χ4v) is 6.10. The van der Waals surface area contributed by atoms with Gasteiger partial charge in [0.1, 0.15) is 18.9 Å². The van der Waals surface area contributed by atoms with Crippen molar-refractivity contribution in [2.75, 3.05) is 38.2 Å². The molecule has 2 unspecified atom stereocenters. The summed E-state index contributed by atoms with van der Waals surface area (Å²) in [7, 11) is 0. The molecule has 0 radical (unpaired) electrons. The number of amides is 3. The lowest BCUT2D eigenvalue weighted by molar-refractivity contribution is -0.135. The highest BCUT2D eigenvalue weighted by molar-refractivity contribution is 7.10. The van der Waals surface area contributed by atoms with Crippen molar-refractivity contribution in [3.63, 3.8) is 0 Å². The molecule has 0 aliphatic carbocycles. The summed E-state index contributed by atoms with van der Waals surface area (Å²) in [5.41, 5.74) is 1.67. The number of hydrogen-bond acceptors (Lipinski definition) is 5. The number of fused-ring (bicyclic) bond motifs is 1. The van der Waals surface area contributed by atoms with Crippen molar-refractivity contribution >= 4 is 52.2 Å². The van der Waals surface area contributed by atoms with Crippen molar-refractivity contribution < 1.29 is 19.1 Å². The summed E-state index contributed by atoms with van der Waals surface area (Å²) in [6.45, 7) is 1.80. The van der Waals surface area contributed by atoms with Crippen LogP contribution < -0.4 is 10.1 Å². The first-order valence-electron chi connectivity index (χ1n) is 12.6. The van der Waals surface area contributed by atoms with E-state index in [9.17, 15) is 9.59 Å². The number of nitrogens with zero attached hydrogens (tertiary/aromatic N) is 2. The summed E-state index contributed by atoms with van der Waals surface area (Å²) in [6, 6.07) is 15.6. The topological polar surface area (TPSA) is 71.1 Å². The molecule has 5 rings (SSSR count). The van der Waals surface area contributed by atoms with Gasteiger partial charge < -0.3 is 24.6 Å². The first kappa shape index (κ1) is 26.8. The monoisotopic (exact) mass is 573 g/mol. The molecule has 10 heteroatoms. The van der Waals surface area contributed by atoms with E-state index in [2.05, 4.69) is 16.8 Å². The molecule has 1 N–H and O–H groups in total. The second kappa shape index (κ2) is 12.4. The largest absolute Gasteiger partial charge is 0.491 e. The van der Waals surface area contributed by atoms with Crippen LogP contribution >= 0.6 is 34.5 Å². The van der Waals surface area contributed by atoms with Gasteiger partial charge in [0, 0.05) is 40.3 Å². The zero-order valence-corrected chi connectivity index (χ0v) is 23.1. The van der Waals surface area contributed by atoms with Crippen LogP contribution in [0.2, 0.25) is 10.0 Å². The van der Waals surface area contributed by atoms with Crippen LogP contribution in [0.25, 0.3) is 0 Å². The molecule has 2 aliphatic rings. The zero-order chi connectivity index (χ0) is 26.5. The van der Waals surface area contributed by atoms with Gasteiger partial charge in [0.05, 0.1) is 12.1 Å². The molecule has 2 aliphatic heterocycles. The molecule has 1 saturated heterocycles. The van der Waals surface area contributed by atoms with Gasteiger partial charge in [-0.15, -0.1) is 11.3 Å². The summed E-state index contributed by atoms with van der Waals surface area (Å²) >= 11 is 13.8. The predicted octanol–water partition coefficient (Wildman–Crippen LogP) is 6.27. The number of urea groups is 1. The number of ether oxygens (including phenoxy) is 2. The van der Waals surface area contributed by atoms with Crippen LogP contribution in [-0.2, 0) is 16.0 Å². The highest BCUT2D eigenvalue weighted by Crippen LogP contribution is 2.34. The van der Waals surface area contributed by atoms with Crippen LogP contribution in [0, 0.1) is 0 Å². The number of benzene rings is 2. The minimum Gasteiger partial charge on any atom is -0.491 e. The first-order valence-corrected chi connectivity index (χ1v) is 14.3. The van der Waals surface area contributed by atoms with E-state index in [0.717, 1.165) is 24.8 Å². The summed E-state index contributed by atoms with van der Waals surface area (Å²) in [5, 5.41) is 6.09. The molecule has 2 aromatic carbocycles. The molecule has 0 bridgehead atoms. The number of rotatable bonds is 8. The van der Waals surface area contributed by atoms with Crippen LogP contribution in [0.3, 0.4) is 0 Å². The van der Waals surface area contributed by atoms with Crippen LogP contribution in [0.1, 0.15) is 29.3 Å². The maximum absolute atomic E-state index is 13.8. The van der Waals surface area contributed by atoms with Gasteiger partial charge in [0.15, 0.2) is 0 Å². The Bertz CT molecular complexity index is 1260. The van der Waals surface area contributed by atoms with Gasteiger partial charge >= 0.3 is 6.03 Å². The molecule has 2 atom stereocenters. The maximum atomic E-state index is 13.8. The van der Waals surface area contributed by atoms with Gasteiger partial charge in [-0.2, -0.15) is 0 Å². The van der Waals surface area contributed by atoms with Crippen LogP contribution in [0.15, 0.2) is 60.0 Å². The van der Waals surface area contributed by atoms with Crippen molar-refractivity contribution in [2.24, 2.45) is 0 Å². The molecular weight excluding hydrogens is 545 g/mol. The van der Waals surface area contributed by atoms with E-state index in [4.69, 9.17) is 32.7 Å². The van der Waals surface area contributed by atoms with Gasteiger partial charge in [-0.1, -0.05) is 29.3 Å². The molecule has 0 saturated carbocycles. The summed E-state index contributed by atoms with van der Waals surface area (Å²) in [5.74, 6) is 0.552. The van der Waals surface area contributed by atoms with Gasteiger partial charge in [-0.05, 0) is 78.7 Å². The average molecular weight is 575 g/mol. The van der Waals surface area contributed by atoms with Gasteiger partial charge in [-0.3, -0.25) is 4.79 Å². The highest BCUT2D eigenvalue weighted by atomic mass is 35.5. The SMILES string of the molecule is O=C(Nc1cccc(Cl)c1)N(CC(=O)N1CCc2sccc2C1COc1ccc(Cl)cc1)CC1CCCO1. The summed E-state index contributed by atoms with van der Waals surface area (Å²) < 4.78 is 11.9. The zero-order valence-electron chi connectivity index (χ0n) is 20.8. The van der Waals surface area contributed by atoms with E-state index in [-0.39, 0.29) is 30.6 Å². The Morgan fingerprint density at radius 3 is 2.74 bits per heavy atom. The summed E-state index contributed by atoms with van der Waals surface area (Å²) in [6.07, 6.45) is 2.48. The Labute approximate surface area is 236 Å². The van der Waals surface area contributed by atoms with Crippen molar-refractivity contribution in [3.05, 3.63) is 80.5 Å². The van der Waals surface area contributed by atoms with Crippen molar-refractivity contribution in [1.82, 2.24) is 9.80 Å². The molecule has 0 spiro atoms. The predicted molar refractivity (Wildman–Crippen MR) is 150 cm³/mol. The lowest BCUT2D eigenvalue weighted by Crippen LogP contribution is -2.50. The number of carbonyl (C=O) groups excluding carboxylic acids is 2. The van der Waals surface area contributed by atoms with E-state index < -0.39 is 0 Å². The Hall–Kier alpha value is -2.78. The molecule has 200 valence electrons. The fraction of sp³-hybridized carbons (Fsp3) is 0.357. The van der Waals surface area contributed by atoms with E-state index in [1.165, 1.54) is 4.88 Å². The third kappa shape index (κ3) is 6.61. The standard InChI is InChI=1S/C28H29Cl2N3O4S/c29-19-6-8-22(9-7-19)37-18-25-24-11-14-38-26(24)10-12-33(25)27(34)17-32(16-23-5-2-13-36-23)28(35)31-21-4-1-3-20(30)15-21/h1,3-4,6-9,11,14-15,23,25H,2,5,10,12-13,16-18H2,(H,31,35). The molecule has 3 amide bonds. The number of anilines is 1. The lowest BCUT2D eigenvalue weighted by Gasteiger charge is -2.37. The molecule has 1 aromatic heterocycles. The van der Waals surface area contributed by atoms with Crippen LogP contribution in [0.5, 0.6) is 5.75 Å². The van der Waals surface area contributed by atoms with E-state index in [1.54, 1.807) is 52.6 Å². The second-order valence-electron chi connectivity index (χ2n) is 9.37. The number of halogens is 2. The van der Waals surface area contributed by atoms with Crippen molar-refractivity contribution in [1.29, 1.82) is 0 Å². The normalized spacial score (nSPS) is 18.6. The van der Waals surface area contributed by atoms with E-state index in [0.29, 0.717) is 47.8 Å². The molecule has 38 heavy (non-hydrogen) atoms. The smallest absolute Gasteiger partial charge is 0.322 e. The first-order chi connectivity index (χ1) is 18.5. The van der Waals surface area contributed by atoms with E-state index in [1.807, 2.05) is 17.0 Å². The molecule has 3 heterocycles.